The van der Waals surface area contributed by atoms with E-state index in [9.17, 15) is 9.59 Å². The summed E-state index contributed by atoms with van der Waals surface area (Å²) in [6, 6.07) is 6.02. The number of aryl methyl sites for hydroxylation is 2. The van der Waals surface area contributed by atoms with Crippen molar-refractivity contribution in [3.8, 4) is 0 Å². The number of likely N-dealkylation sites (tertiary alicyclic amines) is 1. The summed E-state index contributed by atoms with van der Waals surface area (Å²) in [6.07, 6.45) is 3.54. The Labute approximate surface area is 154 Å². The molecule has 1 aliphatic heterocycles. The van der Waals surface area contributed by atoms with Crippen LogP contribution in [0.5, 0.6) is 0 Å². The van der Waals surface area contributed by atoms with Crippen molar-refractivity contribution in [1.82, 2.24) is 4.90 Å². The Morgan fingerprint density at radius 1 is 1.15 bits per heavy atom. The summed E-state index contributed by atoms with van der Waals surface area (Å²) in [6.45, 7) is 6.33. The Kier molecular flexibility index (Phi) is 4.94. The highest BCUT2D eigenvalue weighted by molar-refractivity contribution is 6.03. The number of carbonyl (C=O) groups is 2. The number of hydrogen-bond donors (Lipinski definition) is 2. The van der Waals surface area contributed by atoms with Crippen LogP contribution in [0.2, 0.25) is 0 Å². The van der Waals surface area contributed by atoms with Crippen LogP contribution in [0.3, 0.4) is 0 Å². The zero-order valence-electron chi connectivity index (χ0n) is 15.7. The van der Waals surface area contributed by atoms with Crippen molar-refractivity contribution in [1.29, 1.82) is 0 Å². The quantitative estimate of drug-likeness (QED) is 0.797. The third-order valence-corrected chi connectivity index (χ3v) is 4.70. The minimum Gasteiger partial charge on any atom is -0.444 e. The van der Waals surface area contributed by atoms with E-state index < -0.39 is 5.60 Å². The Hall–Kier alpha value is -2.50. The SMILES string of the molecule is CC(C)(C)OC(=O)N1CC/C(=C(\N)C(=O)Nc2ccc3c(c2)CCC3)C1. The molecule has 0 spiro atoms. The van der Waals surface area contributed by atoms with Crippen LogP contribution in [0.25, 0.3) is 0 Å². The predicted molar refractivity (Wildman–Crippen MR) is 101 cm³/mol. The van der Waals surface area contributed by atoms with E-state index in [1.807, 2.05) is 32.9 Å². The summed E-state index contributed by atoms with van der Waals surface area (Å²) >= 11 is 0. The molecule has 140 valence electrons. The van der Waals surface area contributed by atoms with Gasteiger partial charge in [-0.1, -0.05) is 6.07 Å². The zero-order valence-corrected chi connectivity index (χ0v) is 15.7. The van der Waals surface area contributed by atoms with E-state index in [4.69, 9.17) is 10.5 Å². The molecular formula is C20H27N3O3. The van der Waals surface area contributed by atoms with Crippen molar-refractivity contribution in [3.05, 3.63) is 40.6 Å². The number of fused-ring (bicyclic) bond motifs is 1. The lowest BCUT2D eigenvalue weighted by molar-refractivity contribution is -0.113. The van der Waals surface area contributed by atoms with Crippen molar-refractivity contribution in [2.24, 2.45) is 5.73 Å². The number of carbonyl (C=O) groups excluding carboxylic acids is 2. The van der Waals surface area contributed by atoms with E-state index in [1.54, 1.807) is 4.90 Å². The molecular weight excluding hydrogens is 330 g/mol. The fourth-order valence-corrected chi connectivity index (χ4v) is 3.37. The molecule has 6 nitrogen and oxygen atoms in total. The molecule has 26 heavy (non-hydrogen) atoms. The van der Waals surface area contributed by atoms with E-state index in [2.05, 4.69) is 11.4 Å². The highest BCUT2D eigenvalue weighted by Crippen LogP contribution is 2.25. The topological polar surface area (TPSA) is 84.7 Å². The fourth-order valence-electron chi connectivity index (χ4n) is 3.37. The first-order chi connectivity index (χ1) is 12.2. The molecule has 1 saturated heterocycles. The second-order valence-corrected chi connectivity index (χ2v) is 7.96. The number of hydrogen-bond acceptors (Lipinski definition) is 4. The zero-order chi connectivity index (χ0) is 18.9. The Bertz CT molecular complexity index is 762. The first kappa shape index (κ1) is 18.3. The number of nitrogens with one attached hydrogen (secondary N) is 1. The summed E-state index contributed by atoms with van der Waals surface area (Å²) < 4.78 is 5.37. The van der Waals surface area contributed by atoms with E-state index in [0.29, 0.717) is 19.5 Å². The van der Waals surface area contributed by atoms with Gasteiger partial charge in [-0.2, -0.15) is 0 Å². The van der Waals surface area contributed by atoms with Crippen LogP contribution in [0.1, 0.15) is 44.7 Å². The number of anilines is 1. The molecule has 2 amide bonds. The van der Waals surface area contributed by atoms with Crippen molar-refractivity contribution >= 4 is 17.7 Å². The second kappa shape index (κ2) is 7.02. The summed E-state index contributed by atoms with van der Waals surface area (Å²) in [5, 5.41) is 2.87. The minimum atomic E-state index is -0.542. The van der Waals surface area contributed by atoms with Gasteiger partial charge in [-0.3, -0.25) is 4.79 Å². The third kappa shape index (κ3) is 4.18. The van der Waals surface area contributed by atoms with E-state index in [1.165, 1.54) is 17.5 Å². The minimum absolute atomic E-state index is 0.191. The normalized spacial score (nSPS) is 18.5. The van der Waals surface area contributed by atoms with E-state index >= 15 is 0 Å². The average Bonchev–Trinajstić information content (AvgIpc) is 3.21. The van der Waals surface area contributed by atoms with Crippen LogP contribution >= 0.6 is 0 Å². The molecule has 2 aliphatic rings. The van der Waals surface area contributed by atoms with Crippen LogP contribution in [-0.2, 0) is 22.4 Å². The number of rotatable bonds is 2. The Morgan fingerprint density at radius 2 is 1.88 bits per heavy atom. The molecule has 3 rings (SSSR count). The summed E-state index contributed by atoms with van der Waals surface area (Å²) in [5.41, 5.74) is 9.91. The maximum atomic E-state index is 12.5. The monoisotopic (exact) mass is 357 g/mol. The van der Waals surface area contributed by atoms with Gasteiger partial charge in [0.15, 0.2) is 0 Å². The third-order valence-electron chi connectivity index (χ3n) is 4.70. The molecule has 6 heteroatoms. The second-order valence-electron chi connectivity index (χ2n) is 7.96. The Morgan fingerprint density at radius 3 is 2.62 bits per heavy atom. The summed E-state index contributed by atoms with van der Waals surface area (Å²) in [5.74, 6) is -0.316. The lowest BCUT2D eigenvalue weighted by atomic mass is 10.1. The standard InChI is InChI=1S/C20H27N3O3/c1-20(2,3)26-19(25)23-10-9-15(12-23)17(21)18(24)22-16-8-7-13-5-4-6-14(13)11-16/h7-8,11H,4-6,9-10,12,21H2,1-3H3,(H,22,24)/b17-15+. The molecule has 0 saturated carbocycles. The van der Waals surface area contributed by atoms with Crippen molar-refractivity contribution in [3.63, 3.8) is 0 Å². The first-order valence-corrected chi connectivity index (χ1v) is 9.11. The molecule has 1 aromatic carbocycles. The van der Waals surface area contributed by atoms with Crippen molar-refractivity contribution in [2.45, 2.75) is 52.1 Å². The molecule has 1 heterocycles. The van der Waals surface area contributed by atoms with Crippen LogP contribution < -0.4 is 11.1 Å². The molecule has 1 aromatic rings. The molecule has 0 radical (unpaired) electrons. The lowest BCUT2D eigenvalue weighted by Gasteiger charge is -2.24. The average molecular weight is 357 g/mol. The van der Waals surface area contributed by atoms with Gasteiger partial charge in [-0.05, 0) is 75.3 Å². The highest BCUT2D eigenvalue weighted by Gasteiger charge is 2.29. The van der Waals surface area contributed by atoms with Gasteiger partial charge < -0.3 is 20.7 Å². The number of nitrogens with two attached hydrogens (primary N) is 1. The molecule has 0 atom stereocenters. The fraction of sp³-hybridized carbons (Fsp3) is 0.500. The van der Waals surface area contributed by atoms with Gasteiger partial charge >= 0.3 is 6.09 Å². The predicted octanol–water partition coefficient (Wildman–Crippen LogP) is 2.97. The van der Waals surface area contributed by atoms with Gasteiger partial charge in [0.25, 0.3) is 5.91 Å². The molecule has 0 bridgehead atoms. The largest absolute Gasteiger partial charge is 0.444 e. The number of amides is 2. The summed E-state index contributed by atoms with van der Waals surface area (Å²) in [7, 11) is 0. The van der Waals surface area contributed by atoms with Gasteiger partial charge in [0.1, 0.15) is 5.60 Å². The molecule has 1 aliphatic carbocycles. The first-order valence-electron chi connectivity index (χ1n) is 9.11. The van der Waals surface area contributed by atoms with E-state index in [-0.39, 0.29) is 17.7 Å². The van der Waals surface area contributed by atoms with Crippen LogP contribution in [0.15, 0.2) is 29.5 Å². The van der Waals surface area contributed by atoms with Gasteiger partial charge in [0.05, 0.1) is 5.70 Å². The number of ether oxygens (including phenoxy) is 1. The molecule has 0 unspecified atom stereocenters. The molecule has 3 N–H and O–H groups in total. The highest BCUT2D eigenvalue weighted by atomic mass is 16.6. The number of nitrogens with zero attached hydrogens (tertiary/aromatic N) is 1. The molecule has 1 fully saturated rings. The summed E-state index contributed by atoms with van der Waals surface area (Å²) in [4.78, 5) is 26.2. The lowest BCUT2D eigenvalue weighted by Crippen LogP contribution is -2.35. The smallest absolute Gasteiger partial charge is 0.410 e. The van der Waals surface area contributed by atoms with Gasteiger partial charge in [0.2, 0.25) is 0 Å². The van der Waals surface area contributed by atoms with Gasteiger partial charge in [-0.15, -0.1) is 0 Å². The van der Waals surface area contributed by atoms with Crippen molar-refractivity contribution in [2.75, 3.05) is 18.4 Å². The van der Waals surface area contributed by atoms with Gasteiger partial charge in [-0.25, -0.2) is 4.79 Å². The van der Waals surface area contributed by atoms with Crippen LogP contribution in [0, 0.1) is 0 Å². The van der Waals surface area contributed by atoms with E-state index in [0.717, 1.165) is 24.1 Å². The Balaban J connectivity index is 1.63. The maximum Gasteiger partial charge on any atom is 0.410 e. The van der Waals surface area contributed by atoms with Crippen molar-refractivity contribution < 1.29 is 14.3 Å². The van der Waals surface area contributed by atoms with Crippen LogP contribution in [-0.4, -0.2) is 35.6 Å². The maximum absolute atomic E-state index is 12.5. The number of benzene rings is 1. The van der Waals surface area contributed by atoms with Crippen LogP contribution in [0.4, 0.5) is 10.5 Å². The molecule has 0 aromatic heterocycles. The van der Waals surface area contributed by atoms with Gasteiger partial charge in [0, 0.05) is 18.8 Å².